The third-order valence-electron chi connectivity index (χ3n) is 7.00. The van der Waals surface area contributed by atoms with Crippen LogP contribution >= 0.6 is 22.7 Å². The summed E-state index contributed by atoms with van der Waals surface area (Å²) >= 11 is 3.62. The van der Waals surface area contributed by atoms with Gasteiger partial charge < -0.3 is 40.5 Å². The highest BCUT2D eigenvalue weighted by Crippen LogP contribution is 2.32. The molecule has 2 aliphatic heterocycles. The molecular weight excluding hydrogens is 629 g/mol. The molecule has 0 bridgehead atoms. The summed E-state index contributed by atoms with van der Waals surface area (Å²) in [6, 6.07) is 21.0. The van der Waals surface area contributed by atoms with Crippen LogP contribution < -0.4 is 10.6 Å². The van der Waals surface area contributed by atoms with Crippen LogP contribution in [0.25, 0.3) is 0 Å². The molecule has 2 aliphatic rings. The van der Waals surface area contributed by atoms with Gasteiger partial charge in [0.15, 0.2) is 12.2 Å². The second-order valence-corrected chi connectivity index (χ2v) is 12.2. The van der Waals surface area contributed by atoms with Crippen LogP contribution in [0.2, 0.25) is 0 Å². The molecule has 0 fully saturated rings. The minimum atomic E-state index is -1.41. The Labute approximate surface area is 277 Å². The Hall–Kier alpha value is -3.46. The molecule has 2 aromatic heterocycles. The first-order valence-corrected chi connectivity index (χ1v) is 16.6. The van der Waals surface area contributed by atoms with Crippen LogP contribution in [-0.2, 0) is 31.9 Å². The number of aliphatic carboxylic acids is 2. The smallest absolute Gasteiger partial charge is 0.337 e. The molecule has 0 aliphatic carbocycles. The standard InChI is InChI=1S/2C9H13NOS.2C8H8O3/c2*1-10-6-8-9-7(2-4-11-8)3-5-12-9;2*9-7(8(10)11)6-4-2-1-3-5-6/h2*3,5,8,10H,2,4,6H2,1H3;2*1-5,7,9H,(H,10,11)/t2*8-;2*7-/m0011/s1. The molecule has 4 aromatic rings. The van der Waals surface area contributed by atoms with Crippen molar-refractivity contribution < 1.29 is 39.5 Å². The molecule has 0 saturated carbocycles. The molecule has 0 unspecified atom stereocenters. The van der Waals surface area contributed by atoms with Crippen LogP contribution in [0.1, 0.15) is 56.4 Å². The molecule has 2 aromatic carbocycles. The van der Waals surface area contributed by atoms with E-state index in [1.807, 2.05) is 36.8 Å². The van der Waals surface area contributed by atoms with Gasteiger partial charge in [-0.25, -0.2) is 9.59 Å². The molecule has 4 heterocycles. The average molecular weight is 671 g/mol. The van der Waals surface area contributed by atoms with Gasteiger partial charge in [0.05, 0.1) is 13.2 Å². The second-order valence-electron chi connectivity index (χ2n) is 10.3. The summed E-state index contributed by atoms with van der Waals surface area (Å²) in [4.78, 5) is 23.3. The molecule has 248 valence electrons. The van der Waals surface area contributed by atoms with Gasteiger partial charge in [0, 0.05) is 22.8 Å². The van der Waals surface area contributed by atoms with E-state index in [-0.39, 0.29) is 0 Å². The highest BCUT2D eigenvalue weighted by molar-refractivity contribution is 7.10. The maximum absolute atomic E-state index is 10.2. The highest BCUT2D eigenvalue weighted by Gasteiger charge is 2.22. The predicted molar refractivity (Wildman–Crippen MR) is 179 cm³/mol. The third kappa shape index (κ3) is 11.4. The Morgan fingerprint density at radius 2 is 1.07 bits per heavy atom. The maximum atomic E-state index is 10.2. The summed E-state index contributed by atoms with van der Waals surface area (Å²) in [6.07, 6.45) is -0.0668. The SMILES string of the molecule is CNC[C@@H]1OCCc2ccsc21.CNC[C@@H]1OCCc2ccsc21.O=C(O)[C@H](O)c1ccccc1.O=C(O)[C@H](O)c1ccccc1. The van der Waals surface area contributed by atoms with E-state index in [9.17, 15) is 9.59 Å². The number of nitrogens with one attached hydrogen (secondary N) is 2. The number of rotatable bonds is 8. The molecule has 0 radical (unpaired) electrons. The summed E-state index contributed by atoms with van der Waals surface area (Å²) in [5.74, 6) is -2.45. The molecule has 0 saturated heterocycles. The third-order valence-corrected chi connectivity index (χ3v) is 9.11. The zero-order valence-corrected chi connectivity index (χ0v) is 27.5. The van der Waals surface area contributed by atoms with Gasteiger partial charge in [-0.3, -0.25) is 0 Å². The number of aliphatic hydroxyl groups is 2. The Morgan fingerprint density at radius 1 is 0.696 bits per heavy atom. The van der Waals surface area contributed by atoms with Crippen molar-refractivity contribution >= 4 is 34.6 Å². The lowest BCUT2D eigenvalue weighted by Gasteiger charge is -2.22. The van der Waals surface area contributed by atoms with Crippen LogP contribution in [-0.4, -0.2) is 72.8 Å². The first-order valence-electron chi connectivity index (χ1n) is 14.8. The number of thiophene rings is 2. The monoisotopic (exact) mass is 670 g/mol. The minimum absolute atomic E-state index is 0.291. The van der Waals surface area contributed by atoms with E-state index in [4.69, 9.17) is 29.9 Å². The Kier molecular flexibility index (Phi) is 16.0. The molecule has 6 rings (SSSR count). The molecule has 6 N–H and O–H groups in total. The van der Waals surface area contributed by atoms with E-state index in [1.165, 1.54) is 20.9 Å². The van der Waals surface area contributed by atoms with Crippen molar-refractivity contribution in [3.8, 4) is 0 Å². The molecule has 0 amide bonds. The van der Waals surface area contributed by atoms with Gasteiger partial charge in [0.1, 0.15) is 12.2 Å². The number of fused-ring (bicyclic) bond motifs is 2. The van der Waals surface area contributed by atoms with Crippen LogP contribution in [0.3, 0.4) is 0 Å². The fourth-order valence-corrected chi connectivity index (χ4v) is 6.68. The molecule has 10 nitrogen and oxygen atoms in total. The summed E-state index contributed by atoms with van der Waals surface area (Å²) < 4.78 is 11.3. The van der Waals surface area contributed by atoms with E-state index in [2.05, 4.69) is 33.5 Å². The van der Waals surface area contributed by atoms with E-state index >= 15 is 0 Å². The van der Waals surface area contributed by atoms with Crippen LogP contribution in [0.15, 0.2) is 83.6 Å². The molecular formula is C34H42N2O8S2. The number of ether oxygens (including phenoxy) is 2. The van der Waals surface area contributed by atoms with Gasteiger partial charge in [-0.15, -0.1) is 22.7 Å². The van der Waals surface area contributed by atoms with Crippen LogP contribution in [0.5, 0.6) is 0 Å². The van der Waals surface area contributed by atoms with Crippen molar-refractivity contribution in [2.24, 2.45) is 0 Å². The summed E-state index contributed by atoms with van der Waals surface area (Å²) in [5.41, 5.74) is 3.76. The Bertz CT molecular complexity index is 1340. The minimum Gasteiger partial charge on any atom is -0.479 e. The second kappa shape index (κ2) is 19.9. The van der Waals surface area contributed by atoms with E-state index in [0.29, 0.717) is 23.3 Å². The quantitative estimate of drug-likeness (QED) is 0.154. The number of carboxylic acid groups (broad SMARTS) is 2. The lowest BCUT2D eigenvalue weighted by Crippen LogP contribution is -2.23. The highest BCUT2D eigenvalue weighted by atomic mass is 32.1. The van der Waals surface area contributed by atoms with Crippen molar-refractivity contribution in [1.82, 2.24) is 10.6 Å². The lowest BCUT2D eigenvalue weighted by molar-refractivity contribution is -0.147. The fraction of sp³-hybridized carbons (Fsp3) is 0.353. The maximum Gasteiger partial charge on any atom is 0.337 e. The zero-order valence-electron chi connectivity index (χ0n) is 25.9. The number of aliphatic hydroxyl groups excluding tert-OH is 2. The molecule has 4 atom stereocenters. The van der Waals surface area contributed by atoms with Crippen molar-refractivity contribution in [2.45, 2.75) is 37.3 Å². The normalized spacial score (nSPS) is 17.6. The van der Waals surface area contributed by atoms with Gasteiger partial charge in [-0.1, -0.05) is 60.7 Å². The van der Waals surface area contributed by atoms with Crippen LogP contribution in [0, 0.1) is 0 Å². The predicted octanol–water partition coefficient (Wildman–Crippen LogP) is 4.77. The summed E-state index contributed by atoms with van der Waals surface area (Å²) in [6.45, 7) is 3.59. The first kappa shape index (κ1) is 37.0. The van der Waals surface area contributed by atoms with E-state index < -0.39 is 24.1 Å². The summed E-state index contributed by atoms with van der Waals surface area (Å²) in [5, 5.41) is 45.4. The number of carboxylic acids is 2. The molecule has 0 spiro atoms. The van der Waals surface area contributed by atoms with Gasteiger partial charge in [-0.05, 0) is 72.1 Å². The van der Waals surface area contributed by atoms with Gasteiger partial charge >= 0.3 is 11.9 Å². The van der Waals surface area contributed by atoms with Crippen molar-refractivity contribution in [2.75, 3.05) is 40.4 Å². The summed E-state index contributed by atoms with van der Waals surface area (Å²) in [7, 11) is 3.93. The molecule has 46 heavy (non-hydrogen) atoms. The van der Waals surface area contributed by atoms with Crippen LogP contribution in [0.4, 0.5) is 0 Å². The van der Waals surface area contributed by atoms with Crippen molar-refractivity contribution in [3.63, 3.8) is 0 Å². The number of likely N-dealkylation sites (N-methyl/N-ethyl adjacent to an activating group) is 2. The Morgan fingerprint density at radius 3 is 1.39 bits per heavy atom. The molecule has 12 heteroatoms. The fourth-order valence-electron chi connectivity index (χ4n) is 4.68. The lowest BCUT2D eigenvalue weighted by atomic mass is 10.1. The first-order chi connectivity index (χ1) is 22.3. The van der Waals surface area contributed by atoms with Crippen molar-refractivity contribution in [1.29, 1.82) is 0 Å². The van der Waals surface area contributed by atoms with Gasteiger partial charge in [0.2, 0.25) is 0 Å². The average Bonchev–Trinajstić information content (AvgIpc) is 3.77. The van der Waals surface area contributed by atoms with Gasteiger partial charge in [-0.2, -0.15) is 0 Å². The van der Waals surface area contributed by atoms with Crippen molar-refractivity contribution in [3.05, 3.63) is 116 Å². The zero-order chi connectivity index (χ0) is 33.3. The largest absolute Gasteiger partial charge is 0.479 e. The topological polar surface area (TPSA) is 158 Å². The van der Waals surface area contributed by atoms with Gasteiger partial charge in [0.25, 0.3) is 0 Å². The number of hydrogen-bond acceptors (Lipinski definition) is 10. The number of benzene rings is 2. The Balaban J connectivity index is 0.000000167. The van der Waals surface area contributed by atoms with E-state index in [0.717, 1.165) is 39.1 Å². The van der Waals surface area contributed by atoms with E-state index in [1.54, 1.807) is 60.7 Å². The number of carbonyl (C=O) groups is 2. The number of hydrogen-bond donors (Lipinski definition) is 6.